The lowest BCUT2D eigenvalue weighted by atomic mass is 9.86. The molecule has 4 heteroatoms. The van der Waals surface area contributed by atoms with Crippen LogP contribution in [0.2, 0.25) is 0 Å². The van der Waals surface area contributed by atoms with Crippen LogP contribution < -0.4 is 5.32 Å². The SMILES string of the molecule is Cn1nccc1CCC(=O)C1CNCc2ccccc21. The molecule has 20 heavy (non-hydrogen) atoms. The predicted molar refractivity (Wildman–Crippen MR) is 77.4 cm³/mol. The van der Waals surface area contributed by atoms with Gasteiger partial charge >= 0.3 is 0 Å². The van der Waals surface area contributed by atoms with Crippen LogP contribution >= 0.6 is 0 Å². The number of nitrogens with zero attached hydrogens (tertiary/aromatic N) is 2. The van der Waals surface area contributed by atoms with Gasteiger partial charge in [-0.2, -0.15) is 5.10 Å². The molecule has 4 nitrogen and oxygen atoms in total. The Morgan fingerprint density at radius 2 is 2.25 bits per heavy atom. The van der Waals surface area contributed by atoms with Crippen molar-refractivity contribution in [1.29, 1.82) is 0 Å². The molecule has 0 saturated heterocycles. The molecule has 0 amide bonds. The van der Waals surface area contributed by atoms with Crippen molar-refractivity contribution in [2.75, 3.05) is 6.54 Å². The molecule has 1 N–H and O–H groups in total. The molecule has 1 aromatic heterocycles. The van der Waals surface area contributed by atoms with E-state index < -0.39 is 0 Å². The Hall–Kier alpha value is -1.94. The van der Waals surface area contributed by atoms with Gasteiger partial charge in [-0.25, -0.2) is 0 Å². The third-order valence-electron chi connectivity index (χ3n) is 4.03. The van der Waals surface area contributed by atoms with E-state index in [2.05, 4.69) is 22.5 Å². The minimum absolute atomic E-state index is 0.00632. The van der Waals surface area contributed by atoms with E-state index in [-0.39, 0.29) is 5.92 Å². The second-order valence-electron chi connectivity index (χ2n) is 5.29. The summed E-state index contributed by atoms with van der Waals surface area (Å²) < 4.78 is 1.83. The van der Waals surface area contributed by atoms with Crippen molar-refractivity contribution < 1.29 is 4.79 Å². The first-order valence-corrected chi connectivity index (χ1v) is 7.04. The zero-order valence-electron chi connectivity index (χ0n) is 11.7. The molecule has 0 aliphatic carbocycles. The largest absolute Gasteiger partial charge is 0.312 e. The van der Waals surface area contributed by atoms with E-state index in [4.69, 9.17) is 0 Å². The second kappa shape index (κ2) is 5.59. The van der Waals surface area contributed by atoms with Gasteiger partial charge in [-0.3, -0.25) is 9.48 Å². The molecule has 2 aromatic rings. The fourth-order valence-electron chi connectivity index (χ4n) is 2.86. The van der Waals surface area contributed by atoms with Gasteiger partial charge in [-0.15, -0.1) is 0 Å². The quantitative estimate of drug-likeness (QED) is 0.921. The number of Topliss-reactive ketones (excluding diaryl/α,β-unsaturated/α-hetero) is 1. The predicted octanol–water partition coefficient (Wildman–Crippen LogP) is 1.81. The maximum Gasteiger partial charge on any atom is 0.142 e. The number of hydrogen-bond donors (Lipinski definition) is 1. The van der Waals surface area contributed by atoms with Crippen molar-refractivity contribution in [3.05, 3.63) is 53.3 Å². The number of fused-ring (bicyclic) bond motifs is 1. The maximum atomic E-state index is 12.5. The summed E-state index contributed by atoms with van der Waals surface area (Å²) in [5.41, 5.74) is 3.55. The van der Waals surface area contributed by atoms with Crippen molar-refractivity contribution in [1.82, 2.24) is 15.1 Å². The van der Waals surface area contributed by atoms with Crippen molar-refractivity contribution in [2.45, 2.75) is 25.3 Å². The molecule has 104 valence electrons. The summed E-state index contributed by atoms with van der Waals surface area (Å²) in [6.07, 6.45) is 3.10. The molecule has 0 fully saturated rings. The maximum absolute atomic E-state index is 12.5. The van der Waals surface area contributed by atoms with E-state index in [0.29, 0.717) is 12.2 Å². The number of aromatic nitrogens is 2. The summed E-state index contributed by atoms with van der Waals surface area (Å²) in [7, 11) is 1.91. The smallest absolute Gasteiger partial charge is 0.142 e. The Morgan fingerprint density at radius 1 is 1.40 bits per heavy atom. The molecule has 3 rings (SSSR count). The highest BCUT2D eigenvalue weighted by molar-refractivity contribution is 5.86. The molecule has 1 aliphatic rings. The molecule has 1 aliphatic heterocycles. The molecule has 0 saturated carbocycles. The number of carbonyl (C=O) groups is 1. The van der Waals surface area contributed by atoms with Gasteiger partial charge in [0.2, 0.25) is 0 Å². The first-order chi connectivity index (χ1) is 9.75. The lowest BCUT2D eigenvalue weighted by molar-refractivity contribution is -0.120. The number of nitrogens with one attached hydrogen (secondary N) is 1. The summed E-state index contributed by atoms with van der Waals surface area (Å²) in [5.74, 6) is 0.305. The van der Waals surface area contributed by atoms with E-state index >= 15 is 0 Å². The van der Waals surface area contributed by atoms with E-state index in [1.54, 1.807) is 6.20 Å². The van der Waals surface area contributed by atoms with Gasteiger partial charge in [0.05, 0.1) is 5.92 Å². The monoisotopic (exact) mass is 269 g/mol. The molecule has 0 spiro atoms. The molecular formula is C16H19N3O. The summed E-state index contributed by atoms with van der Waals surface area (Å²) in [6, 6.07) is 10.2. The third kappa shape index (κ3) is 2.51. The summed E-state index contributed by atoms with van der Waals surface area (Å²) in [5, 5.41) is 7.47. The van der Waals surface area contributed by atoms with Gasteiger partial charge in [0.25, 0.3) is 0 Å². The Morgan fingerprint density at radius 3 is 3.05 bits per heavy atom. The highest BCUT2D eigenvalue weighted by Crippen LogP contribution is 2.25. The number of aryl methyl sites for hydroxylation is 2. The van der Waals surface area contributed by atoms with Crippen molar-refractivity contribution in [3.8, 4) is 0 Å². The van der Waals surface area contributed by atoms with Crippen molar-refractivity contribution in [3.63, 3.8) is 0 Å². The normalized spacial score (nSPS) is 17.8. The molecule has 1 unspecified atom stereocenters. The standard InChI is InChI=1S/C16H19N3O/c1-19-13(8-9-18-19)6-7-16(20)15-11-17-10-12-4-2-3-5-14(12)15/h2-5,8-9,15,17H,6-7,10-11H2,1H3. The number of carbonyl (C=O) groups excluding carboxylic acids is 1. The molecular weight excluding hydrogens is 250 g/mol. The van der Waals surface area contributed by atoms with Crippen molar-refractivity contribution >= 4 is 5.78 Å². The van der Waals surface area contributed by atoms with Crippen LogP contribution in [0.1, 0.15) is 29.2 Å². The zero-order valence-corrected chi connectivity index (χ0v) is 11.7. The lowest BCUT2D eigenvalue weighted by Gasteiger charge is -2.25. The average molecular weight is 269 g/mol. The number of hydrogen-bond acceptors (Lipinski definition) is 3. The molecule has 2 heterocycles. The van der Waals surface area contributed by atoms with E-state index in [0.717, 1.165) is 25.2 Å². The summed E-state index contributed by atoms with van der Waals surface area (Å²) >= 11 is 0. The van der Waals surface area contributed by atoms with Crippen LogP contribution in [0.3, 0.4) is 0 Å². The Labute approximate surface area is 118 Å². The van der Waals surface area contributed by atoms with Crippen LogP contribution in [0.5, 0.6) is 0 Å². The first-order valence-electron chi connectivity index (χ1n) is 7.04. The van der Waals surface area contributed by atoms with Gasteiger partial charge < -0.3 is 5.32 Å². The highest BCUT2D eigenvalue weighted by Gasteiger charge is 2.25. The molecule has 0 bridgehead atoms. The Kier molecular flexibility index (Phi) is 3.65. The topological polar surface area (TPSA) is 46.9 Å². The van der Waals surface area contributed by atoms with Crippen LogP contribution in [0.15, 0.2) is 36.5 Å². The lowest BCUT2D eigenvalue weighted by Crippen LogP contribution is -2.32. The average Bonchev–Trinajstić information content (AvgIpc) is 2.89. The Bertz CT molecular complexity index is 618. The minimum atomic E-state index is -0.00632. The second-order valence-corrected chi connectivity index (χ2v) is 5.29. The fourth-order valence-corrected chi connectivity index (χ4v) is 2.86. The Balaban J connectivity index is 1.71. The van der Waals surface area contributed by atoms with E-state index in [1.165, 1.54) is 11.1 Å². The number of benzene rings is 1. The highest BCUT2D eigenvalue weighted by atomic mass is 16.1. The fraction of sp³-hybridized carbons (Fsp3) is 0.375. The van der Waals surface area contributed by atoms with Crippen molar-refractivity contribution in [2.24, 2.45) is 7.05 Å². The zero-order chi connectivity index (χ0) is 13.9. The van der Waals surface area contributed by atoms with Gasteiger partial charge in [0.1, 0.15) is 5.78 Å². The number of rotatable bonds is 4. The first kappa shape index (κ1) is 13.1. The molecule has 0 radical (unpaired) electrons. The van der Waals surface area contributed by atoms with Gasteiger partial charge in [-0.05, 0) is 23.6 Å². The van der Waals surface area contributed by atoms with Gasteiger partial charge in [-0.1, -0.05) is 24.3 Å². The van der Waals surface area contributed by atoms with Crippen LogP contribution in [-0.4, -0.2) is 22.1 Å². The molecule has 1 atom stereocenters. The summed E-state index contributed by atoms with van der Waals surface area (Å²) in [4.78, 5) is 12.5. The minimum Gasteiger partial charge on any atom is -0.312 e. The van der Waals surface area contributed by atoms with Crippen LogP contribution in [0, 0.1) is 0 Å². The van der Waals surface area contributed by atoms with E-state index in [9.17, 15) is 4.79 Å². The summed E-state index contributed by atoms with van der Waals surface area (Å²) in [6.45, 7) is 1.61. The van der Waals surface area contributed by atoms with Gasteiger partial charge in [0, 0.05) is 38.4 Å². The van der Waals surface area contributed by atoms with Crippen LogP contribution in [-0.2, 0) is 24.8 Å². The third-order valence-corrected chi connectivity index (χ3v) is 4.03. The van der Waals surface area contributed by atoms with E-state index in [1.807, 2.05) is 29.9 Å². The van der Waals surface area contributed by atoms with Crippen LogP contribution in [0.4, 0.5) is 0 Å². The van der Waals surface area contributed by atoms with Gasteiger partial charge in [0.15, 0.2) is 0 Å². The number of ketones is 1. The molecule has 1 aromatic carbocycles. The van der Waals surface area contributed by atoms with Crippen LogP contribution in [0.25, 0.3) is 0 Å².